The van der Waals surface area contributed by atoms with Gasteiger partial charge in [0.25, 0.3) is 0 Å². The molecule has 1 aromatic rings. The lowest BCUT2D eigenvalue weighted by Crippen LogP contribution is -2.40. The van der Waals surface area contributed by atoms with Crippen LogP contribution in [0.15, 0.2) is 28.7 Å². The monoisotopic (exact) mass is 351 g/mol. The second-order valence-corrected chi connectivity index (χ2v) is 5.78. The van der Waals surface area contributed by atoms with Gasteiger partial charge in [-0.2, -0.15) is 13.2 Å². The van der Waals surface area contributed by atoms with Crippen molar-refractivity contribution in [3.63, 3.8) is 0 Å². The summed E-state index contributed by atoms with van der Waals surface area (Å²) in [6.45, 7) is 2.50. The molecule has 0 aromatic heterocycles. The summed E-state index contributed by atoms with van der Waals surface area (Å²) in [6, 6.07) is 6.55. The van der Waals surface area contributed by atoms with Crippen LogP contribution in [-0.2, 0) is 0 Å². The Balaban J connectivity index is 2.59. The van der Waals surface area contributed by atoms with Gasteiger partial charge in [-0.25, -0.2) is 0 Å². The van der Waals surface area contributed by atoms with Crippen molar-refractivity contribution in [1.82, 2.24) is 4.90 Å². The molecule has 112 valence electrons. The van der Waals surface area contributed by atoms with E-state index in [0.717, 1.165) is 4.47 Å². The molecule has 1 rings (SSSR count). The van der Waals surface area contributed by atoms with E-state index in [1.807, 2.05) is 0 Å². The largest absolute Gasteiger partial charge is 0.401 e. The highest BCUT2D eigenvalue weighted by Gasteiger charge is 2.31. The number of rotatable bonds is 6. The molecule has 0 radical (unpaired) electrons. The van der Waals surface area contributed by atoms with E-state index in [0.29, 0.717) is 5.56 Å². The van der Waals surface area contributed by atoms with Crippen molar-refractivity contribution in [1.29, 1.82) is 0 Å². The van der Waals surface area contributed by atoms with Crippen LogP contribution < -0.4 is 0 Å². The van der Waals surface area contributed by atoms with Gasteiger partial charge in [0.1, 0.15) is 0 Å². The van der Waals surface area contributed by atoms with Crippen LogP contribution in [0.5, 0.6) is 0 Å². The van der Waals surface area contributed by atoms with E-state index >= 15 is 0 Å². The summed E-state index contributed by atoms with van der Waals surface area (Å²) in [4.78, 5) is 13.2. The molecule has 0 atom stereocenters. The van der Waals surface area contributed by atoms with Crippen molar-refractivity contribution in [3.05, 3.63) is 34.3 Å². The first-order valence-electron chi connectivity index (χ1n) is 6.28. The average molecular weight is 352 g/mol. The van der Waals surface area contributed by atoms with E-state index in [1.165, 1.54) is 4.90 Å². The third-order valence-corrected chi connectivity index (χ3v) is 3.43. The number of halogens is 4. The molecule has 2 nitrogen and oxygen atoms in total. The number of nitrogens with zero attached hydrogens (tertiary/aromatic N) is 1. The molecule has 1 aromatic carbocycles. The number of benzene rings is 1. The lowest BCUT2D eigenvalue weighted by atomic mass is 10.1. The Kier molecular flexibility index (Phi) is 6.20. The Morgan fingerprint density at radius 2 is 1.80 bits per heavy atom. The van der Waals surface area contributed by atoms with Gasteiger partial charge >= 0.3 is 6.18 Å². The van der Waals surface area contributed by atoms with E-state index in [2.05, 4.69) is 15.9 Å². The summed E-state index contributed by atoms with van der Waals surface area (Å²) < 4.78 is 38.1. The summed E-state index contributed by atoms with van der Waals surface area (Å²) in [5.41, 5.74) is 0.518. The van der Waals surface area contributed by atoms with E-state index in [1.54, 1.807) is 38.1 Å². The highest BCUT2D eigenvalue weighted by molar-refractivity contribution is 9.10. The fourth-order valence-electron chi connectivity index (χ4n) is 1.78. The minimum Gasteiger partial charge on any atom is -0.294 e. The number of hydrogen-bond donors (Lipinski definition) is 0. The molecule has 0 saturated heterocycles. The molecule has 0 amide bonds. The molecule has 0 aliphatic carbocycles. The van der Waals surface area contributed by atoms with Crippen LogP contribution in [0.1, 0.15) is 30.6 Å². The van der Waals surface area contributed by atoms with Crippen molar-refractivity contribution < 1.29 is 18.0 Å². The number of Topliss-reactive ketones (excluding diaryl/α,β-unsaturated/α-hetero) is 1. The van der Waals surface area contributed by atoms with Crippen molar-refractivity contribution >= 4 is 21.7 Å². The Labute approximate surface area is 125 Å². The highest BCUT2D eigenvalue weighted by Crippen LogP contribution is 2.19. The van der Waals surface area contributed by atoms with Gasteiger partial charge in [0, 0.05) is 29.0 Å². The highest BCUT2D eigenvalue weighted by atomic mass is 79.9. The zero-order valence-corrected chi connectivity index (χ0v) is 13.0. The van der Waals surface area contributed by atoms with Crippen molar-refractivity contribution in [2.24, 2.45) is 0 Å². The molecule has 0 aliphatic heterocycles. The molecule has 0 heterocycles. The predicted molar refractivity (Wildman–Crippen MR) is 75.9 cm³/mol. The van der Waals surface area contributed by atoms with E-state index in [9.17, 15) is 18.0 Å². The molecule has 20 heavy (non-hydrogen) atoms. The van der Waals surface area contributed by atoms with Gasteiger partial charge < -0.3 is 0 Å². The summed E-state index contributed by atoms with van der Waals surface area (Å²) in [7, 11) is 0. The number of carbonyl (C=O) groups is 1. The molecule has 0 spiro atoms. The summed E-state index contributed by atoms with van der Waals surface area (Å²) >= 11 is 3.26. The zero-order chi connectivity index (χ0) is 15.3. The molecule has 0 fully saturated rings. The van der Waals surface area contributed by atoms with Gasteiger partial charge in [-0.05, 0) is 26.0 Å². The SMILES string of the molecule is CC(C)N(CCC(=O)c1ccc(Br)cc1)CC(F)(F)F. The van der Waals surface area contributed by atoms with Crippen LogP contribution in [0.25, 0.3) is 0 Å². The lowest BCUT2D eigenvalue weighted by molar-refractivity contribution is -0.149. The van der Waals surface area contributed by atoms with Crippen LogP contribution in [0.2, 0.25) is 0 Å². The van der Waals surface area contributed by atoms with E-state index < -0.39 is 12.7 Å². The van der Waals surface area contributed by atoms with Gasteiger partial charge in [0.2, 0.25) is 0 Å². The summed E-state index contributed by atoms with van der Waals surface area (Å²) in [5, 5.41) is 0. The van der Waals surface area contributed by atoms with Crippen molar-refractivity contribution in [3.8, 4) is 0 Å². The van der Waals surface area contributed by atoms with Gasteiger partial charge in [-0.15, -0.1) is 0 Å². The average Bonchev–Trinajstić information content (AvgIpc) is 2.33. The molecule has 0 unspecified atom stereocenters. The fraction of sp³-hybridized carbons (Fsp3) is 0.500. The van der Waals surface area contributed by atoms with Crippen LogP contribution >= 0.6 is 15.9 Å². The first kappa shape index (κ1) is 17.2. The first-order valence-corrected chi connectivity index (χ1v) is 7.08. The molecule has 6 heteroatoms. The number of ketones is 1. The van der Waals surface area contributed by atoms with Crippen LogP contribution in [0.4, 0.5) is 13.2 Å². The third kappa shape index (κ3) is 6.05. The number of carbonyl (C=O) groups excluding carboxylic acids is 1. The van der Waals surface area contributed by atoms with Gasteiger partial charge in [0.15, 0.2) is 5.78 Å². The van der Waals surface area contributed by atoms with Crippen LogP contribution in [0.3, 0.4) is 0 Å². The quantitative estimate of drug-likeness (QED) is 0.712. The second-order valence-electron chi connectivity index (χ2n) is 4.86. The van der Waals surface area contributed by atoms with Crippen LogP contribution in [-0.4, -0.2) is 36.0 Å². The summed E-state index contributed by atoms with van der Waals surface area (Å²) in [6.07, 6.45) is -4.17. The molecule has 0 N–H and O–H groups in total. The smallest absolute Gasteiger partial charge is 0.294 e. The Hall–Kier alpha value is -0.880. The fourth-order valence-corrected chi connectivity index (χ4v) is 2.04. The maximum Gasteiger partial charge on any atom is 0.401 e. The second kappa shape index (κ2) is 7.22. The molecular weight excluding hydrogens is 335 g/mol. The number of alkyl halides is 3. The summed E-state index contributed by atoms with van der Waals surface area (Å²) in [5.74, 6) is -0.148. The van der Waals surface area contributed by atoms with Crippen molar-refractivity contribution in [2.75, 3.05) is 13.1 Å². The molecular formula is C14H17BrF3NO. The van der Waals surface area contributed by atoms with E-state index in [4.69, 9.17) is 0 Å². The standard InChI is InChI=1S/C14H17BrF3NO/c1-10(2)19(9-14(16,17)18)8-7-13(20)11-3-5-12(15)6-4-11/h3-6,10H,7-9H2,1-2H3. The number of hydrogen-bond acceptors (Lipinski definition) is 2. The molecule has 0 saturated carbocycles. The minimum absolute atomic E-state index is 0.0793. The maximum absolute atomic E-state index is 12.4. The Bertz CT molecular complexity index is 443. The Morgan fingerprint density at radius 3 is 2.25 bits per heavy atom. The van der Waals surface area contributed by atoms with E-state index in [-0.39, 0.29) is 24.8 Å². The third-order valence-electron chi connectivity index (χ3n) is 2.90. The minimum atomic E-state index is -4.25. The normalized spacial score (nSPS) is 12.2. The zero-order valence-electron chi connectivity index (χ0n) is 11.4. The molecule has 0 aliphatic rings. The maximum atomic E-state index is 12.4. The van der Waals surface area contributed by atoms with Gasteiger partial charge in [-0.3, -0.25) is 9.69 Å². The van der Waals surface area contributed by atoms with Gasteiger partial charge in [-0.1, -0.05) is 28.1 Å². The van der Waals surface area contributed by atoms with Crippen molar-refractivity contribution in [2.45, 2.75) is 32.5 Å². The topological polar surface area (TPSA) is 20.3 Å². The Morgan fingerprint density at radius 1 is 1.25 bits per heavy atom. The van der Waals surface area contributed by atoms with Gasteiger partial charge in [0.05, 0.1) is 6.54 Å². The predicted octanol–water partition coefficient (Wildman–Crippen LogP) is 4.29. The lowest BCUT2D eigenvalue weighted by Gasteiger charge is -2.27. The molecule has 0 bridgehead atoms. The van der Waals surface area contributed by atoms with Crippen LogP contribution in [0, 0.1) is 0 Å². The first-order chi connectivity index (χ1) is 9.19.